The summed E-state index contributed by atoms with van der Waals surface area (Å²) in [6.45, 7) is 4.05. The summed E-state index contributed by atoms with van der Waals surface area (Å²) < 4.78 is 10.8. The van der Waals surface area contributed by atoms with Crippen molar-refractivity contribution < 1.29 is 9.47 Å². The van der Waals surface area contributed by atoms with E-state index in [0.29, 0.717) is 5.57 Å². The van der Waals surface area contributed by atoms with Gasteiger partial charge < -0.3 is 15.2 Å². The van der Waals surface area contributed by atoms with Crippen LogP contribution < -0.4 is 5.73 Å². The molecule has 0 atom stereocenters. The summed E-state index contributed by atoms with van der Waals surface area (Å²) in [5.41, 5.74) is 3.16. The van der Waals surface area contributed by atoms with Crippen molar-refractivity contribution in [1.82, 2.24) is 0 Å². The number of methoxy groups -OCH3 is 2. The molecule has 0 bridgehead atoms. The van der Waals surface area contributed by atoms with Crippen LogP contribution in [0.1, 0.15) is 25.7 Å². The molecule has 2 aliphatic carbocycles. The van der Waals surface area contributed by atoms with Gasteiger partial charge in [-0.15, -0.1) is 0 Å². The largest absolute Gasteiger partial charge is 0.482 e. The second kappa shape index (κ2) is 5.95. The molecule has 0 aliphatic heterocycles. The molecule has 0 radical (unpaired) electrons. The molecule has 2 fully saturated rings. The van der Waals surface area contributed by atoms with Gasteiger partial charge in [-0.2, -0.15) is 15.8 Å². The second-order valence-corrected chi connectivity index (χ2v) is 6.05. The third-order valence-corrected chi connectivity index (χ3v) is 4.92. The van der Waals surface area contributed by atoms with E-state index in [1.54, 1.807) is 7.11 Å². The average molecular weight is 312 g/mol. The van der Waals surface area contributed by atoms with Crippen molar-refractivity contribution in [2.24, 2.45) is 23.0 Å². The Hall–Kier alpha value is -2.49. The maximum atomic E-state index is 9.77. The quantitative estimate of drug-likeness (QED) is 0.437. The summed E-state index contributed by atoms with van der Waals surface area (Å²) in [5, 5.41) is 29.0. The number of hydrogen-bond acceptors (Lipinski definition) is 6. The van der Waals surface area contributed by atoms with E-state index in [4.69, 9.17) is 15.2 Å². The van der Waals surface area contributed by atoms with Crippen LogP contribution in [0.4, 0.5) is 0 Å². The third kappa shape index (κ3) is 2.34. The molecule has 0 spiro atoms. The highest BCUT2D eigenvalue weighted by molar-refractivity contribution is 5.55. The third-order valence-electron chi connectivity index (χ3n) is 4.92. The van der Waals surface area contributed by atoms with Gasteiger partial charge in [-0.1, -0.05) is 6.58 Å². The highest BCUT2D eigenvalue weighted by Crippen LogP contribution is 2.60. The Kier molecular flexibility index (Phi) is 4.37. The second-order valence-electron chi connectivity index (χ2n) is 6.05. The van der Waals surface area contributed by atoms with Crippen LogP contribution in [0.15, 0.2) is 23.6 Å². The molecule has 0 unspecified atom stereocenters. The number of nitrogens with zero attached hydrogens (tertiary/aromatic N) is 3. The molecule has 2 saturated carbocycles. The lowest BCUT2D eigenvalue weighted by Gasteiger charge is -2.39. The van der Waals surface area contributed by atoms with Crippen LogP contribution in [0.3, 0.4) is 0 Å². The highest BCUT2D eigenvalue weighted by Gasteiger charge is 2.62. The predicted molar refractivity (Wildman–Crippen MR) is 81.8 cm³/mol. The van der Waals surface area contributed by atoms with Gasteiger partial charge in [0.2, 0.25) is 11.3 Å². The van der Waals surface area contributed by atoms with Gasteiger partial charge in [0.15, 0.2) is 0 Å². The van der Waals surface area contributed by atoms with Crippen molar-refractivity contribution >= 4 is 0 Å². The minimum Gasteiger partial charge on any atom is -0.482 e. The molecular formula is C17H20N4O2. The summed E-state index contributed by atoms with van der Waals surface area (Å²) in [5.74, 6) is 0.197. The number of nitrogens with two attached hydrogens (primary N) is 1. The molecule has 120 valence electrons. The van der Waals surface area contributed by atoms with Gasteiger partial charge in [0.05, 0.1) is 24.8 Å². The van der Waals surface area contributed by atoms with Crippen LogP contribution in [0, 0.1) is 51.2 Å². The topological polar surface area (TPSA) is 116 Å². The minimum absolute atomic E-state index is 0.220. The van der Waals surface area contributed by atoms with E-state index in [9.17, 15) is 15.8 Å². The molecular weight excluding hydrogens is 292 g/mol. The van der Waals surface area contributed by atoms with Gasteiger partial charge in [0, 0.05) is 7.11 Å². The molecule has 0 aromatic heterocycles. The van der Waals surface area contributed by atoms with Crippen molar-refractivity contribution in [2.45, 2.75) is 31.3 Å². The van der Waals surface area contributed by atoms with Crippen LogP contribution in [0.2, 0.25) is 0 Å². The Morgan fingerprint density at radius 3 is 1.83 bits per heavy atom. The van der Waals surface area contributed by atoms with E-state index in [-0.39, 0.29) is 23.3 Å². The first-order valence-electron chi connectivity index (χ1n) is 7.50. The van der Waals surface area contributed by atoms with E-state index in [0.717, 1.165) is 25.7 Å². The number of ether oxygens (including phenoxy) is 2. The van der Waals surface area contributed by atoms with E-state index >= 15 is 0 Å². The molecule has 2 aliphatic rings. The fourth-order valence-electron chi connectivity index (χ4n) is 3.45. The highest BCUT2D eigenvalue weighted by atomic mass is 16.5. The maximum Gasteiger partial charge on any atom is 0.206 e. The molecule has 0 aromatic rings. The van der Waals surface area contributed by atoms with Crippen LogP contribution in [0.5, 0.6) is 0 Å². The standard InChI is InChI=1S/C17H20N4O2/c1-11(17(23-3,12-4-5-12)13-6-7-13)16(9-19,10-20)14(8-18)15(21)22-2/h12-13H,1,4-7,21H2,2-3H3/b15-14+. The van der Waals surface area contributed by atoms with Gasteiger partial charge in [0.1, 0.15) is 11.6 Å². The van der Waals surface area contributed by atoms with Crippen molar-refractivity contribution in [3.63, 3.8) is 0 Å². The molecule has 0 saturated heterocycles. The lowest BCUT2D eigenvalue weighted by molar-refractivity contribution is -0.0230. The zero-order valence-electron chi connectivity index (χ0n) is 13.4. The molecule has 0 amide bonds. The Labute approximate surface area is 136 Å². The van der Waals surface area contributed by atoms with Crippen molar-refractivity contribution in [2.75, 3.05) is 14.2 Å². The molecule has 0 aromatic carbocycles. The number of rotatable bonds is 7. The first kappa shape index (κ1) is 16.9. The van der Waals surface area contributed by atoms with Gasteiger partial charge in [0.25, 0.3) is 0 Å². The fourth-order valence-corrected chi connectivity index (χ4v) is 3.45. The number of nitriles is 3. The first-order valence-corrected chi connectivity index (χ1v) is 7.50. The van der Waals surface area contributed by atoms with Crippen LogP contribution >= 0.6 is 0 Å². The minimum atomic E-state index is -1.88. The fraction of sp³-hybridized carbons (Fsp3) is 0.588. The lowest BCUT2D eigenvalue weighted by Crippen LogP contribution is -2.45. The monoisotopic (exact) mass is 312 g/mol. The summed E-state index contributed by atoms with van der Waals surface area (Å²) in [4.78, 5) is 0. The van der Waals surface area contributed by atoms with Crippen LogP contribution in [-0.2, 0) is 9.47 Å². The Bertz CT molecular complexity index is 640. The molecule has 6 heteroatoms. The van der Waals surface area contributed by atoms with Crippen molar-refractivity contribution in [3.8, 4) is 18.2 Å². The predicted octanol–water partition coefficient (Wildman–Crippen LogP) is 2.12. The smallest absolute Gasteiger partial charge is 0.206 e. The SMILES string of the molecule is C=C(C(C#N)(C#N)/C(C#N)=C(\N)OC)C(OC)(C1CC1)C1CC1. The molecule has 23 heavy (non-hydrogen) atoms. The van der Waals surface area contributed by atoms with E-state index in [2.05, 4.69) is 6.58 Å². The Morgan fingerprint density at radius 1 is 1.09 bits per heavy atom. The molecule has 6 nitrogen and oxygen atoms in total. The van der Waals surface area contributed by atoms with Crippen LogP contribution in [0.25, 0.3) is 0 Å². The normalized spacial score (nSPS) is 18.9. The zero-order chi connectivity index (χ0) is 17.3. The summed E-state index contributed by atoms with van der Waals surface area (Å²) in [7, 11) is 2.87. The van der Waals surface area contributed by atoms with Crippen molar-refractivity contribution in [1.29, 1.82) is 15.8 Å². The van der Waals surface area contributed by atoms with E-state index in [1.807, 2.05) is 18.2 Å². The Morgan fingerprint density at radius 2 is 1.57 bits per heavy atom. The summed E-state index contributed by atoms with van der Waals surface area (Å²) >= 11 is 0. The number of hydrogen-bond donors (Lipinski definition) is 1. The first-order chi connectivity index (χ1) is 11.0. The molecule has 2 N–H and O–H groups in total. The lowest BCUT2D eigenvalue weighted by atomic mass is 9.67. The summed E-state index contributed by atoms with van der Waals surface area (Å²) in [6, 6.07) is 5.77. The number of allylic oxidation sites excluding steroid dienone is 1. The van der Waals surface area contributed by atoms with E-state index < -0.39 is 11.0 Å². The van der Waals surface area contributed by atoms with Gasteiger partial charge >= 0.3 is 0 Å². The average Bonchev–Trinajstić information content (AvgIpc) is 3.45. The summed E-state index contributed by atoms with van der Waals surface area (Å²) in [6.07, 6.45) is 3.84. The van der Waals surface area contributed by atoms with Gasteiger partial charge in [-0.05, 0) is 43.1 Å². The zero-order valence-corrected chi connectivity index (χ0v) is 13.4. The van der Waals surface area contributed by atoms with Crippen LogP contribution in [-0.4, -0.2) is 19.8 Å². The van der Waals surface area contributed by atoms with Crippen molar-refractivity contribution in [3.05, 3.63) is 23.6 Å². The van der Waals surface area contributed by atoms with Gasteiger partial charge in [-0.25, -0.2) is 0 Å². The van der Waals surface area contributed by atoms with E-state index in [1.165, 1.54) is 7.11 Å². The molecule has 2 rings (SSSR count). The maximum absolute atomic E-state index is 9.77. The van der Waals surface area contributed by atoms with Gasteiger partial charge in [-0.3, -0.25) is 0 Å². The molecule has 0 heterocycles. The Balaban J connectivity index is 2.62.